The predicted molar refractivity (Wildman–Crippen MR) is 84.0 cm³/mol. The minimum absolute atomic E-state index is 0.257. The van der Waals surface area contributed by atoms with Gasteiger partial charge in [0.1, 0.15) is 5.82 Å². The average molecular weight is 278 g/mol. The first kappa shape index (κ1) is 15.5. The maximum atomic E-state index is 4.39. The molecule has 0 amide bonds. The number of hydrogen-bond acceptors (Lipinski definition) is 3. The molecule has 0 saturated carbocycles. The van der Waals surface area contributed by atoms with Gasteiger partial charge in [-0.15, -0.1) is 0 Å². The summed E-state index contributed by atoms with van der Waals surface area (Å²) in [5.41, 5.74) is 0.257. The van der Waals surface area contributed by atoms with Gasteiger partial charge in [0, 0.05) is 43.5 Å². The van der Waals surface area contributed by atoms with E-state index >= 15 is 0 Å². The van der Waals surface area contributed by atoms with Gasteiger partial charge < -0.3 is 9.88 Å². The van der Waals surface area contributed by atoms with Crippen LogP contribution in [0.3, 0.4) is 0 Å². The lowest BCUT2D eigenvalue weighted by Crippen LogP contribution is -2.51. The molecule has 0 bridgehead atoms. The third-order valence-electron chi connectivity index (χ3n) is 4.43. The van der Waals surface area contributed by atoms with E-state index in [9.17, 15) is 0 Å². The van der Waals surface area contributed by atoms with E-state index in [-0.39, 0.29) is 5.54 Å². The lowest BCUT2D eigenvalue weighted by atomic mass is 10.0. The van der Waals surface area contributed by atoms with Crippen molar-refractivity contribution >= 4 is 0 Å². The molecular weight excluding hydrogens is 248 g/mol. The number of likely N-dealkylation sites (tertiary alicyclic amines) is 1. The summed E-state index contributed by atoms with van der Waals surface area (Å²) in [5, 5.41) is 3.70. The Hall–Kier alpha value is -0.870. The van der Waals surface area contributed by atoms with E-state index in [0.717, 1.165) is 19.5 Å². The Labute approximate surface area is 123 Å². The highest BCUT2D eigenvalue weighted by molar-refractivity contribution is 4.93. The zero-order valence-electron chi connectivity index (χ0n) is 13.5. The lowest BCUT2D eigenvalue weighted by molar-refractivity contribution is 0.147. The van der Waals surface area contributed by atoms with Gasteiger partial charge in [0.05, 0.1) is 0 Å². The number of aromatic nitrogens is 2. The minimum Gasteiger partial charge on any atom is -0.333 e. The van der Waals surface area contributed by atoms with Crippen LogP contribution in [0.4, 0.5) is 0 Å². The van der Waals surface area contributed by atoms with Crippen molar-refractivity contribution in [3.05, 3.63) is 18.2 Å². The van der Waals surface area contributed by atoms with Crippen molar-refractivity contribution in [3.63, 3.8) is 0 Å². The van der Waals surface area contributed by atoms with Crippen LogP contribution in [0.1, 0.15) is 46.4 Å². The third-order valence-corrected chi connectivity index (χ3v) is 4.43. The molecule has 2 heterocycles. The van der Waals surface area contributed by atoms with Crippen LogP contribution in [-0.4, -0.2) is 45.7 Å². The van der Waals surface area contributed by atoms with Crippen molar-refractivity contribution in [1.82, 2.24) is 19.8 Å². The second kappa shape index (κ2) is 6.72. The average Bonchev–Trinajstić information content (AvgIpc) is 3.07. The van der Waals surface area contributed by atoms with Gasteiger partial charge >= 0.3 is 0 Å². The summed E-state index contributed by atoms with van der Waals surface area (Å²) in [6.45, 7) is 13.7. The molecule has 4 heteroatoms. The SMILES string of the molecule is CCc1nccn1C[C@H](C)NCC(C)(C)N1CCCC1. The molecule has 4 nitrogen and oxygen atoms in total. The van der Waals surface area contributed by atoms with Gasteiger partial charge in [0.2, 0.25) is 0 Å². The quantitative estimate of drug-likeness (QED) is 0.831. The van der Waals surface area contributed by atoms with Crippen LogP contribution in [0.15, 0.2) is 12.4 Å². The topological polar surface area (TPSA) is 33.1 Å². The van der Waals surface area contributed by atoms with Gasteiger partial charge in [0.15, 0.2) is 0 Å². The van der Waals surface area contributed by atoms with Crippen LogP contribution in [0.25, 0.3) is 0 Å². The number of nitrogens with zero attached hydrogens (tertiary/aromatic N) is 3. The molecule has 1 saturated heterocycles. The molecule has 1 aromatic rings. The van der Waals surface area contributed by atoms with E-state index in [4.69, 9.17) is 0 Å². The van der Waals surface area contributed by atoms with E-state index in [1.807, 2.05) is 6.20 Å². The summed E-state index contributed by atoms with van der Waals surface area (Å²) in [7, 11) is 0. The molecule has 1 N–H and O–H groups in total. The fraction of sp³-hybridized carbons (Fsp3) is 0.812. The second-order valence-corrected chi connectivity index (χ2v) is 6.64. The highest BCUT2D eigenvalue weighted by Gasteiger charge is 2.28. The second-order valence-electron chi connectivity index (χ2n) is 6.64. The van der Waals surface area contributed by atoms with Crippen LogP contribution < -0.4 is 5.32 Å². The molecule has 1 fully saturated rings. The van der Waals surface area contributed by atoms with Crippen LogP contribution >= 0.6 is 0 Å². The van der Waals surface area contributed by atoms with E-state index in [0.29, 0.717) is 6.04 Å². The predicted octanol–water partition coefficient (Wildman–Crippen LogP) is 2.30. The molecule has 114 valence electrons. The normalized spacial score (nSPS) is 18.6. The summed E-state index contributed by atoms with van der Waals surface area (Å²) >= 11 is 0. The van der Waals surface area contributed by atoms with Crippen LogP contribution in [0, 0.1) is 0 Å². The summed E-state index contributed by atoms with van der Waals surface area (Å²) in [6.07, 6.45) is 7.70. The lowest BCUT2D eigenvalue weighted by Gasteiger charge is -2.36. The molecule has 1 aliphatic rings. The van der Waals surface area contributed by atoms with E-state index in [2.05, 4.69) is 53.7 Å². The fourth-order valence-electron chi connectivity index (χ4n) is 3.04. The summed E-state index contributed by atoms with van der Waals surface area (Å²) < 4.78 is 2.26. The highest BCUT2D eigenvalue weighted by atomic mass is 15.2. The Morgan fingerprint density at radius 2 is 2.05 bits per heavy atom. The molecular formula is C16H30N4. The van der Waals surface area contributed by atoms with Crippen molar-refractivity contribution < 1.29 is 0 Å². The summed E-state index contributed by atoms with van der Waals surface area (Å²) in [5.74, 6) is 1.18. The number of rotatable bonds is 7. The Bertz CT molecular complexity index is 404. The molecule has 0 aliphatic carbocycles. The Balaban J connectivity index is 1.81. The van der Waals surface area contributed by atoms with Crippen molar-refractivity contribution in [1.29, 1.82) is 0 Å². The first-order valence-corrected chi connectivity index (χ1v) is 8.01. The van der Waals surface area contributed by atoms with Crippen molar-refractivity contribution in [2.24, 2.45) is 0 Å². The molecule has 0 unspecified atom stereocenters. The van der Waals surface area contributed by atoms with Crippen LogP contribution in [-0.2, 0) is 13.0 Å². The third kappa shape index (κ3) is 3.83. The maximum absolute atomic E-state index is 4.39. The first-order chi connectivity index (χ1) is 9.53. The minimum atomic E-state index is 0.257. The number of nitrogens with one attached hydrogen (secondary N) is 1. The molecule has 20 heavy (non-hydrogen) atoms. The van der Waals surface area contributed by atoms with Gasteiger partial charge in [-0.05, 0) is 46.7 Å². The number of hydrogen-bond donors (Lipinski definition) is 1. The summed E-state index contributed by atoms with van der Waals surface area (Å²) in [6, 6.07) is 0.469. The molecule has 1 atom stereocenters. The van der Waals surface area contributed by atoms with Gasteiger partial charge in [0.25, 0.3) is 0 Å². The molecule has 0 spiro atoms. The van der Waals surface area contributed by atoms with Crippen molar-refractivity contribution in [3.8, 4) is 0 Å². The van der Waals surface area contributed by atoms with E-state index in [1.54, 1.807) is 0 Å². The van der Waals surface area contributed by atoms with Gasteiger partial charge in [-0.2, -0.15) is 0 Å². The maximum Gasteiger partial charge on any atom is 0.108 e. The molecule has 1 aromatic heterocycles. The smallest absolute Gasteiger partial charge is 0.108 e. The Kier molecular flexibility index (Phi) is 5.22. The standard InChI is InChI=1S/C16H30N4/c1-5-15-17-8-11-19(15)12-14(2)18-13-16(3,4)20-9-6-7-10-20/h8,11,14,18H,5-7,9-10,12-13H2,1-4H3/t14-/m0/s1. The highest BCUT2D eigenvalue weighted by Crippen LogP contribution is 2.20. The Morgan fingerprint density at radius 3 is 2.70 bits per heavy atom. The van der Waals surface area contributed by atoms with Gasteiger partial charge in [-0.1, -0.05) is 6.92 Å². The Morgan fingerprint density at radius 1 is 1.35 bits per heavy atom. The molecule has 0 aromatic carbocycles. The van der Waals surface area contributed by atoms with Gasteiger partial charge in [-0.3, -0.25) is 4.90 Å². The zero-order valence-corrected chi connectivity index (χ0v) is 13.5. The summed E-state index contributed by atoms with van der Waals surface area (Å²) in [4.78, 5) is 7.00. The van der Waals surface area contributed by atoms with Crippen LogP contribution in [0.5, 0.6) is 0 Å². The molecule has 1 aliphatic heterocycles. The largest absolute Gasteiger partial charge is 0.333 e. The fourth-order valence-corrected chi connectivity index (χ4v) is 3.04. The van der Waals surface area contributed by atoms with Crippen molar-refractivity contribution in [2.75, 3.05) is 19.6 Å². The first-order valence-electron chi connectivity index (χ1n) is 8.01. The molecule has 0 radical (unpaired) electrons. The zero-order chi connectivity index (χ0) is 14.6. The molecule has 2 rings (SSSR count). The van der Waals surface area contributed by atoms with Crippen molar-refractivity contribution in [2.45, 2.75) is 65.1 Å². The number of aryl methyl sites for hydroxylation is 1. The van der Waals surface area contributed by atoms with E-state index < -0.39 is 0 Å². The van der Waals surface area contributed by atoms with E-state index in [1.165, 1.54) is 31.8 Å². The monoisotopic (exact) mass is 278 g/mol. The van der Waals surface area contributed by atoms with Crippen LogP contribution in [0.2, 0.25) is 0 Å². The number of imidazole rings is 1. The van der Waals surface area contributed by atoms with Gasteiger partial charge in [-0.25, -0.2) is 4.98 Å².